The number of hydrogen-bond donors (Lipinski definition) is 1. The summed E-state index contributed by atoms with van der Waals surface area (Å²) in [4.78, 5) is 12.0. The second-order valence-corrected chi connectivity index (χ2v) is 5.87. The van der Waals surface area contributed by atoms with E-state index in [4.69, 9.17) is 16.3 Å². The summed E-state index contributed by atoms with van der Waals surface area (Å²) < 4.78 is 18.7. The minimum Gasteiger partial charge on any atom is -0.483 e. The van der Waals surface area contributed by atoms with Crippen LogP contribution in [0.2, 0.25) is 5.02 Å². The van der Waals surface area contributed by atoms with E-state index in [1.807, 2.05) is 32.0 Å². The molecule has 2 rings (SSSR count). The van der Waals surface area contributed by atoms with Crippen LogP contribution in [0.4, 0.5) is 4.39 Å². The number of carbonyl (C=O) groups is 1. The Kier molecular flexibility index (Phi) is 5.61. The zero-order valence-corrected chi connectivity index (χ0v) is 14.1. The van der Waals surface area contributed by atoms with Gasteiger partial charge in [0.1, 0.15) is 11.6 Å². The second kappa shape index (κ2) is 7.47. The molecule has 0 heterocycles. The number of aryl methyl sites for hydroxylation is 2. The lowest BCUT2D eigenvalue weighted by Gasteiger charge is -2.17. The SMILES string of the molecule is Cc1cccc(C)c1OCC(=O)NC(C)c1ccc(F)cc1Cl. The molecule has 2 aromatic carbocycles. The van der Waals surface area contributed by atoms with Crippen molar-refractivity contribution in [3.63, 3.8) is 0 Å². The first-order chi connectivity index (χ1) is 10.9. The number of nitrogens with one attached hydrogen (secondary N) is 1. The van der Waals surface area contributed by atoms with Crippen LogP contribution < -0.4 is 10.1 Å². The molecule has 122 valence electrons. The van der Waals surface area contributed by atoms with Gasteiger partial charge in [-0.1, -0.05) is 35.9 Å². The smallest absolute Gasteiger partial charge is 0.258 e. The van der Waals surface area contributed by atoms with Crippen LogP contribution in [0.1, 0.15) is 29.7 Å². The van der Waals surface area contributed by atoms with Crippen molar-refractivity contribution >= 4 is 17.5 Å². The van der Waals surface area contributed by atoms with Crippen molar-refractivity contribution in [1.29, 1.82) is 0 Å². The molecular formula is C18H19ClFNO2. The minimum absolute atomic E-state index is 0.0884. The Morgan fingerprint density at radius 3 is 2.52 bits per heavy atom. The fraction of sp³-hybridized carbons (Fsp3) is 0.278. The Bertz CT molecular complexity index is 698. The molecule has 0 bridgehead atoms. The van der Waals surface area contributed by atoms with Gasteiger partial charge in [0.25, 0.3) is 5.91 Å². The number of para-hydroxylation sites is 1. The number of rotatable bonds is 5. The van der Waals surface area contributed by atoms with Gasteiger partial charge in [0.15, 0.2) is 6.61 Å². The molecule has 1 amide bonds. The van der Waals surface area contributed by atoms with E-state index in [1.54, 1.807) is 13.0 Å². The van der Waals surface area contributed by atoms with Gasteiger partial charge in [0.05, 0.1) is 6.04 Å². The molecule has 5 heteroatoms. The molecule has 2 aromatic rings. The monoisotopic (exact) mass is 335 g/mol. The highest BCUT2D eigenvalue weighted by molar-refractivity contribution is 6.31. The summed E-state index contributed by atoms with van der Waals surface area (Å²) in [5.41, 5.74) is 2.62. The van der Waals surface area contributed by atoms with Gasteiger partial charge < -0.3 is 10.1 Å². The third kappa shape index (κ3) is 4.45. The lowest BCUT2D eigenvalue weighted by Crippen LogP contribution is -2.31. The highest BCUT2D eigenvalue weighted by atomic mass is 35.5. The molecule has 0 aliphatic carbocycles. The first-order valence-electron chi connectivity index (χ1n) is 7.32. The third-order valence-corrected chi connectivity index (χ3v) is 3.89. The molecule has 0 radical (unpaired) electrons. The molecule has 3 nitrogen and oxygen atoms in total. The molecule has 0 saturated carbocycles. The van der Waals surface area contributed by atoms with Crippen LogP contribution >= 0.6 is 11.6 Å². The molecule has 0 spiro atoms. The van der Waals surface area contributed by atoms with E-state index in [0.29, 0.717) is 5.56 Å². The zero-order valence-electron chi connectivity index (χ0n) is 13.3. The van der Waals surface area contributed by atoms with Gasteiger partial charge in [0.2, 0.25) is 0 Å². The largest absolute Gasteiger partial charge is 0.483 e. The van der Waals surface area contributed by atoms with Gasteiger partial charge in [-0.2, -0.15) is 0 Å². The van der Waals surface area contributed by atoms with Crippen molar-refractivity contribution in [3.05, 3.63) is 63.9 Å². The predicted octanol–water partition coefficient (Wildman–Crippen LogP) is 4.35. The van der Waals surface area contributed by atoms with E-state index in [2.05, 4.69) is 5.32 Å². The third-order valence-electron chi connectivity index (χ3n) is 3.56. The lowest BCUT2D eigenvalue weighted by atomic mass is 10.1. The van der Waals surface area contributed by atoms with Crippen LogP contribution in [0.15, 0.2) is 36.4 Å². The zero-order chi connectivity index (χ0) is 17.0. The standard InChI is InChI=1S/C18H19ClFNO2/c1-11-5-4-6-12(2)18(11)23-10-17(22)21-13(3)15-8-7-14(20)9-16(15)19/h4-9,13H,10H2,1-3H3,(H,21,22). The molecule has 23 heavy (non-hydrogen) atoms. The number of benzene rings is 2. The first kappa shape index (κ1) is 17.3. The Balaban J connectivity index is 1.97. The predicted molar refractivity (Wildman–Crippen MR) is 89.4 cm³/mol. The number of amides is 1. The minimum atomic E-state index is -0.407. The van der Waals surface area contributed by atoms with Gasteiger partial charge in [-0.15, -0.1) is 0 Å². The van der Waals surface area contributed by atoms with E-state index in [-0.39, 0.29) is 23.6 Å². The molecule has 1 unspecified atom stereocenters. The maximum Gasteiger partial charge on any atom is 0.258 e. The van der Waals surface area contributed by atoms with Crippen molar-refractivity contribution in [2.75, 3.05) is 6.61 Å². The normalized spacial score (nSPS) is 11.9. The average molecular weight is 336 g/mol. The summed E-state index contributed by atoms with van der Waals surface area (Å²) in [7, 11) is 0. The quantitative estimate of drug-likeness (QED) is 0.882. The molecule has 0 aliphatic rings. The number of carbonyl (C=O) groups excluding carboxylic acids is 1. The van der Waals surface area contributed by atoms with Gasteiger partial charge in [-0.3, -0.25) is 4.79 Å². The summed E-state index contributed by atoms with van der Waals surface area (Å²) in [6, 6.07) is 9.58. The fourth-order valence-corrected chi connectivity index (χ4v) is 2.71. The van der Waals surface area contributed by atoms with Gasteiger partial charge >= 0.3 is 0 Å². The van der Waals surface area contributed by atoms with E-state index in [1.165, 1.54) is 12.1 Å². The molecule has 0 aromatic heterocycles. The van der Waals surface area contributed by atoms with Gasteiger partial charge in [-0.05, 0) is 49.6 Å². The van der Waals surface area contributed by atoms with Crippen LogP contribution in [0.3, 0.4) is 0 Å². The Morgan fingerprint density at radius 2 is 1.91 bits per heavy atom. The van der Waals surface area contributed by atoms with Crippen LogP contribution in [-0.2, 0) is 4.79 Å². The maximum atomic E-state index is 13.1. The molecule has 1 N–H and O–H groups in total. The Hall–Kier alpha value is -2.07. The molecular weight excluding hydrogens is 317 g/mol. The van der Waals surface area contributed by atoms with Crippen molar-refractivity contribution in [1.82, 2.24) is 5.32 Å². The van der Waals surface area contributed by atoms with E-state index >= 15 is 0 Å². The van der Waals surface area contributed by atoms with E-state index in [0.717, 1.165) is 16.9 Å². The van der Waals surface area contributed by atoms with E-state index < -0.39 is 5.82 Å². The Labute approximate surface area is 140 Å². The number of hydrogen-bond acceptors (Lipinski definition) is 2. The van der Waals surface area contributed by atoms with Crippen LogP contribution in [0.5, 0.6) is 5.75 Å². The highest BCUT2D eigenvalue weighted by Gasteiger charge is 2.14. The number of halogens is 2. The van der Waals surface area contributed by atoms with Crippen LogP contribution in [0.25, 0.3) is 0 Å². The fourth-order valence-electron chi connectivity index (χ4n) is 2.38. The lowest BCUT2D eigenvalue weighted by molar-refractivity contribution is -0.123. The first-order valence-corrected chi connectivity index (χ1v) is 7.69. The van der Waals surface area contributed by atoms with Crippen LogP contribution in [-0.4, -0.2) is 12.5 Å². The average Bonchev–Trinajstić information content (AvgIpc) is 2.46. The van der Waals surface area contributed by atoms with Crippen molar-refractivity contribution in [3.8, 4) is 5.75 Å². The topological polar surface area (TPSA) is 38.3 Å². The Morgan fingerprint density at radius 1 is 1.26 bits per heavy atom. The van der Waals surface area contributed by atoms with E-state index in [9.17, 15) is 9.18 Å². The second-order valence-electron chi connectivity index (χ2n) is 5.46. The maximum absolute atomic E-state index is 13.1. The van der Waals surface area contributed by atoms with Crippen molar-refractivity contribution in [2.24, 2.45) is 0 Å². The summed E-state index contributed by atoms with van der Waals surface area (Å²) in [5, 5.41) is 3.08. The van der Waals surface area contributed by atoms with Crippen LogP contribution in [0, 0.1) is 19.7 Å². The highest BCUT2D eigenvalue weighted by Crippen LogP contribution is 2.24. The molecule has 1 atom stereocenters. The number of ether oxygens (including phenoxy) is 1. The van der Waals surface area contributed by atoms with Crippen molar-refractivity contribution in [2.45, 2.75) is 26.8 Å². The summed E-state index contributed by atoms with van der Waals surface area (Å²) in [5.74, 6) is 0.0475. The summed E-state index contributed by atoms with van der Waals surface area (Å²) >= 11 is 6.00. The summed E-state index contributed by atoms with van der Waals surface area (Å²) in [6.45, 7) is 5.56. The van der Waals surface area contributed by atoms with Crippen molar-refractivity contribution < 1.29 is 13.9 Å². The van der Waals surface area contributed by atoms with Gasteiger partial charge in [0, 0.05) is 5.02 Å². The molecule has 0 fully saturated rings. The van der Waals surface area contributed by atoms with Gasteiger partial charge in [-0.25, -0.2) is 4.39 Å². The summed E-state index contributed by atoms with van der Waals surface area (Å²) in [6.07, 6.45) is 0. The molecule has 0 saturated heterocycles. The molecule has 0 aliphatic heterocycles.